The summed E-state index contributed by atoms with van der Waals surface area (Å²) in [7, 11) is 2.12. The fourth-order valence-corrected chi connectivity index (χ4v) is 4.16. The van der Waals surface area contributed by atoms with E-state index < -0.39 is 0 Å². The average Bonchev–Trinajstić information content (AvgIpc) is 3.10. The molecule has 0 amide bonds. The first-order chi connectivity index (χ1) is 13.7. The summed E-state index contributed by atoms with van der Waals surface area (Å²) in [6.07, 6.45) is 5.33. The summed E-state index contributed by atoms with van der Waals surface area (Å²) in [5.74, 6) is 2.72. The van der Waals surface area contributed by atoms with E-state index in [-0.39, 0.29) is 0 Å². The fourth-order valence-electron chi connectivity index (χ4n) is 4.16. The molecule has 0 spiro atoms. The van der Waals surface area contributed by atoms with E-state index in [0.29, 0.717) is 5.92 Å². The van der Waals surface area contributed by atoms with E-state index in [2.05, 4.69) is 55.7 Å². The Labute approximate surface area is 167 Å². The molecule has 0 unspecified atom stereocenters. The molecule has 0 N–H and O–H groups in total. The Morgan fingerprint density at radius 3 is 2.43 bits per heavy atom. The minimum atomic E-state index is 0.502. The lowest BCUT2D eigenvalue weighted by Crippen LogP contribution is -2.36. The maximum Gasteiger partial charge on any atom is 0.146 e. The lowest BCUT2D eigenvalue weighted by molar-refractivity contribution is 0.0326. The highest BCUT2D eigenvalue weighted by Crippen LogP contribution is 2.27. The van der Waals surface area contributed by atoms with E-state index in [1.165, 1.54) is 11.3 Å². The van der Waals surface area contributed by atoms with Gasteiger partial charge in [-0.3, -0.25) is 14.8 Å². The SMILES string of the molecule is CCc1ccc(CN2CCC(c3nnc(CN4CCOCC4)n3C)CC2)nc1. The number of hydrogen-bond donors (Lipinski definition) is 0. The third-order valence-electron chi connectivity index (χ3n) is 6.10. The van der Waals surface area contributed by atoms with Gasteiger partial charge in [0.1, 0.15) is 11.6 Å². The molecule has 2 aromatic rings. The molecule has 2 saturated heterocycles. The van der Waals surface area contributed by atoms with Crippen molar-refractivity contribution in [2.75, 3.05) is 39.4 Å². The molecular formula is C21H32N6O. The Bertz CT molecular complexity index is 745. The van der Waals surface area contributed by atoms with Gasteiger partial charge in [0.25, 0.3) is 0 Å². The van der Waals surface area contributed by atoms with Crippen LogP contribution in [0.1, 0.15) is 48.6 Å². The van der Waals surface area contributed by atoms with E-state index in [0.717, 1.165) is 83.4 Å². The van der Waals surface area contributed by atoms with Crippen molar-refractivity contribution in [2.45, 2.75) is 45.2 Å². The first-order valence-corrected chi connectivity index (χ1v) is 10.6. The van der Waals surface area contributed by atoms with Gasteiger partial charge in [-0.15, -0.1) is 10.2 Å². The third kappa shape index (κ3) is 4.59. The molecule has 2 aliphatic heterocycles. The van der Waals surface area contributed by atoms with Gasteiger partial charge < -0.3 is 9.30 Å². The number of morpholine rings is 1. The Hall–Kier alpha value is -1.83. The number of likely N-dealkylation sites (tertiary alicyclic amines) is 1. The molecule has 28 heavy (non-hydrogen) atoms. The number of aromatic nitrogens is 4. The maximum absolute atomic E-state index is 5.44. The molecule has 2 aliphatic rings. The highest BCUT2D eigenvalue weighted by atomic mass is 16.5. The summed E-state index contributed by atoms with van der Waals surface area (Å²) in [5.41, 5.74) is 2.47. The van der Waals surface area contributed by atoms with Crippen LogP contribution in [-0.2, 0) is 31.3 Å². The maximum atomic E-state index is 5.44. The Morgan fingerprint density at radius 2 is 1.75 bits per heavy atom. The van der Waals surface area contributed by atoms with Gasteiger partial charge in [0, 0.05) is 38.8 Å². The van der Waals surface area contributed by atoms with Gasteiger partial charge >= 0.3 is 0 Å². The molecule has 0 atom stereocenters. The highest BCUT2D eigenvalue weighted by Gasteiger charge is 2.26. The molecule has 0 bridgehead atoms. The molecule has 0 aromatic carbocycles. The Morgan fingerprint density at radius 1 is 1.00 bits per heavy atom. The molecule has 4 rings (SSSR count). The van der Waals surface area contributed by atoms with Gasteiger partial charge in [-0.05, 0) is 44.0 Å². The van der Waals surface area contributed by atoms with Crippen molar-refractivity contribution in [3.63, 3.8) is 0 Å². The summed E-state index contributed by atoms with van der Waals surface area (Å²) in [6, 6.07) is 4.37. The normalized spacial score (nSPS) is 19.9. The second-order valence-electron chi connectivity index (χ2n) is 7.98. The van der Waals surface area contributed by atoms with Crippen molar-refractivity contribution in [1.82, 2.24) is 29.5 Å². The predicted octanol–water partition coefficient (Wildman–Crippen LogP) is 1.98. The number of piperidine rings is 1. The molecule has 0 aliphatic carbocycles. The molecule has 2 aromatic heterocycles. The monoisotopic (exact) mass is 384 g/mol. The highest BCUT2D eigenvalue weighted by molar-refractivity contribution is 5.14. The van der Waals surface area contributed by atoms with Gasteiger partial charge in [-0.25, -0.2) is 0 Å². The predicted molar refractivity (Wildman–Crippen MR) is 108 cm³/mol. The van der Waals surface area contributed by atoms with Crippen molar-refractivity contribution < 1.29 is 4.74 Å². The number of rotatable bonds is 6. The van der Waals surface area contributed by atoms with Crippen molar-refractivity contribution in [3.8, 4) is 0 Å². The zero-order valence-electron chi connectivity index (χ0n) is 17.2. The lowest BCUT2D eigenvalue weighted by Gasteiger charge is -2.31. The van der Waals surface area contributed by atoms with Crippen LogP contribution >= 0.6 is 0 Å². The molecular weight excluding hydrogens is 352 g/mol. The Balaban J connectivity index is 1.30. The van der Waals surface area contributed by atoms with Crippen molar-refractivity contribution in [2.24, 2.45) is 7.05 Å². The molecule has 2 fully saturated rings. The van der Waals surface area contributed by atoms with E-state index in [1.807, 2.05) is 6.20 Å². The quantitative estimate of drug-likeness (QED) is 0.759. The smallest absolute Gasteiger partial charge is 0.146 e. The van der Waals surface area contributed by atoms with Crippen LogP contribution in [0, 0.1) is 0 Å². The first-order valence-electron chi connectivity index (χ1n) is 10.6. The van der Waals surface area contributed by atoms with Crippen LogP contribution < -0.4 is 0 Å². The summed E-state index contributed by atoms with van der Waals surface area (Å²) in [6.45, 7) is 9.75. The number of aryl methyl sites for hydroxylation is 1. The molecule has 0 saturated carbocycles. The average molecular weight is 385 g/mol. The molecule has 4 heterocycles. The number of ether oxygens (including phenoxy) is 1. The van der Waals surface area contributed by atoms with Crippen LogP contribution in [0.15, 0.2) is 18.3 Å². The molecule has 152 valence electrons. The van der Waals surface area contributed by atoms with Gasteiger partial charge in [-0.1, -0.05) is 13.0 Å². The third-order valence-corrected chi connectivity index (χ3v) is 6.10. The summed E-state index contributed by atoms with van der Waals surface area (Å²) < 4.78 is 7.66. The van der Waals surface area contributed by atoms with E-state index in [9.17, 15) is 0 Å². The second-order valence-corrected chi connectivity index (χ2v) is 7.98. The van der Waals surface area contributed by atoms with Crippen molar-refractivity contribution in [3.05, 3.63) is 41.2 Å². The largest absolute Gasteiger partial charge is 0.379 e. The number of nitrogens with zero attached hydrogens (tertiary/aromatic N) is 6. The fraction of sp³-hybridized carbons (Fsp3) is 0.667. The van der Waals surface area contributed by atoms with Crippen molar-refractivity contribution in [1.29, 1.82) is 0 Å². The van der Waals surface area contributed by atoms with Crippen molar-refractivity contribution >= 4 is 0 Å². The minimum Gasteiger partial charge on any atom is -0.379 e. The minimum absolute atomic E-state index is 0.502. The van der Waals surface area contributed by atoms with Crippen LogP contribution in [0.2, 0.25) is 0 Å². The molecule has 0 radical (unpaired) electrons. The van der Waals surface area contributed by atoms with Gasteiger partial charge in [0.15, 0.2) is 0 Å². The van der Waals surface area contributed by atoms with Crippen LogP contribution in [-0.4, -0.2) is 68.9 Å². The lowest BCUT2D eigenvalue weighted by atomic mass is 9.96. The standard InChI is InChI=1S/C21H32N6O/c1-3-17-4-5-19(22-14-17)15-26-8-6-18(7-9-26)21-24-23-20(25(21)2)16-27-10-12-28-13-11-27/h4-5,14,18H,3,6-13,15-16H2,1-2H3. The molecule has 7 nitrogen and oxygen atoms in total. The summed E-state index contributed by atoms with van der Waals surface area (Å²) >= 11 is 0. The summed E-state index contributed by atoms with van der Waals surface area (Å²) in [5, 5.41) is 9.05. The van der Waals surface area contributed by atoms with E-state index >= 15 is 0 Å². The summed E-state index contributed by atoms with van der Waals surface area (Å²) in [4.78, 5) is 9.52. The van der Waals surface area contributed by atoms with Crippen LogP contribution in [0.5, 0.6) is 0 Å². The van der Waals surface area contributed by atoms with Crippen LogP contribution in [0.3, 0.4) is 0 Å². The topological polar surface area (TPSA) is 59.3 Å². The first kappa shape index (κ1) is 19.5. The van der Waals surface area contributed by atoms with Gasteiger partial charge in [0.2, 0.25) is 0 Å². The Kier molecular flexibility index (Phi) is 6.34. The zero-order chi connectivity index (χ0) is 19.3. The van der Waals surface area contributed by atoms with Gasteiger partial charge in [0.05, 0.1) is 25.5 Å². The van der Waals surface area contributed by atoms with E-state index in [1.54, 1.807) is 0 Å². The zero-order valence-corrected chi connectivity index (χ0v) is 17.2. The molecule has 7 heteroatoms. The van der Waals surface area contributed by atoms with Crippen LogP contribution in [0.25, 0.3) is 0 Å². The van der Waals surface area contributed by atoms with E-state index in [4.69, 9.17) is 4.74 Å². The second kappa shape index (κ2) is 9.11. The van der Waals surface area contributed by atoms with Crippen LogP contribution in [0.4, 0.5) is 0 Å². The van der Waals surface area contributed by atoms with Gasteiger partial charge in [-0.2, -0.15) is 0 Å². The number of hydrogen-bond acceptors (Lipinski definition) is 6. The number of pyridine rings is 1.